The second kappa shape index (κ2) is 4.97. The summed E-state index contributed by atoms with van der Waals surface area (Å²) >= 11 is 3.49. The van der Waals surface area contributed by atoms with E-state index in [1.54, 1.807) is 6.20 Å². The van der Waals surface area contributed by atoms with Gasteiger partial charge >= 0.3 is 0 Å². The summed E-state index contributed by atoms with van der Waals surface area (Å²) < 4.78 is 1.03. The van der Waals surface area contributed by atoms with Crippen molar-refractivity contribution in [1.29, 1.82) is 0 Å². The standard InChI is InChI=1S/C13H12BrN5/c1-8-9(5-15-7-11(8)14)6-16-10-2-3-12-13(4-10)18-19-17-12/h2-5,7,16H,6H2,1H3,(H,17,18,19). The average molecular weight is 318 g/mol. The van der Waals surface area contributed by atoms with Gasteiger partial charge in [-0.25, -0.2) is 0 Å². The lowest BCUT2D eigenvalue weighted by molar-refractivity contribution is 0.959. The van der Waals surface area contributed by atoms with Crippen molar-refractivity contribution in [2.24, 2.45) is 0 Å². The Balaban J connectivity index is 1.80. The predicted octanol–water partition coefficient (Wildman–Crippen LogP) is 3.04. The number of aromatic amines is 1. The van der Waals surface area contributed by atoms with E-state index in [1.165, 1.54) is 5.56 Å². The van der Waals surface area contributed by atoms with Crippen LogP contribution in [0.3, 0.4) is 0 Å². The van der Waals surface area contributed by atoms with Crippen molar-refractivity contribution in [3.05, 3.63) is 46.2 Å². The minimum Gasteiger partial charge on any atom is -0.381 e. The Morgan fingerprint density at radius 1 is 1.21 bits per heavy atom. The Morgan fingerprint density at radius 3 is 2.95 bits per heavy atom. The topological polar surface area (TPSA) is 66.5 Å². The Hall–Kier alpha value is -1.95. The quantitative estimate of drug-likeness (QED) is 0.779. The zero-order valence-electron chi connectivity index (χ0n) is 10.3. The molecule has 0 amide bonds. The number of anilines is 1. The van der Waals surface area contributed by atoms with E-state index in [0.717, 1.165) is 33.3 Å². The van der Waals surface area contributed by atoms with Crippen LogP contribution in [0.15, 0.2) is 35.1 Å². The highest BCUT2D eigenvalue weighted by atomic mass is 79.9. The van der Waals surface area contributed by atoms with Gasteiger partial charge in [0, 0.05) is 29.1 Å². The zero-order valence-corrected chi connectivity index (χ0v) is 11.9. The van der Waals surface area contributed by atoms with Gasteiger partial charge in [0.25, 0.3) is 0 Å². The van der Waals surface area contributed by atoms with Crippen molar-refractivity contribution >= 4 is 32.7 Å². The molecule has 96 valence electrons. The third kappa shape index (κ3) is 2.44. The number of halogens is 1. The van der Waals surface area contributed by atoms with E-state index in [4.69, 9.17) is 0 Å². The molecule has 19 heavy (non-hydrogen) atoms. The molecule has 0 aliphatic heterocycles. The number of rotatable bonds is 3. The summed E-state index contributed by atoms with van der Waals surface area (Å²) in [5, 5.41) is 14.1. The molecule has 0 aliphatic carbocycles. The van der Waals surface area contributed by atoms with Crippen LogP contribution in [0.25, 0.3) is 11.0 Å². The molecule has 2 aromatic heterocycles. The van der Waals surface area contributed by atoms with Gasteiger partial charge in [-0.15, -0.1) is 0 Å². The monoisotopic (exact) mass is 317 g/mol. The molecule has 3 aromatic rings. The summed E-state index contributed by atoms with van der Waals surface area (Å²) in [4.78, 5) is 4.18. The summed E-state index contributed by atoms with van der Waals surface area (Å²) in [6.45, 7) is 2.80. The minimum absolute atomic E-state index is 0.724. The van der Waals surface area contributed by atoms with Crippen LogP contribution in [0.2, 0.25) is 0 Å². The van der Waals surface area contributed by atoms with Crippen LogP contribution in [-0.4, -0.2) is 20.4 Å². The maximum atomic E-state index is 4.18. The summed E-state index contributed by atoms with van der Waals surface area (Å²) in [7, 11) is 0. The normalized spacial score (nSPS) is 10.8. The van der Waals surface area contributed by atoms with Gasteiger partial charge in [0.2, 0.25) is 0 Å². The van der Waals surface area contributed by atoms with Gasteiger partial charge < -0.3 is 5.32 Å². The molecule has 0 bridgehead atoms. The van der Waals surface area contributed by atoms with Crippen LogP contribution in [0.1, 0.15) is 11.1 Å². The summed E-state index contributed by atoms with van der Waals surface area (Å²) in [6.07, 6.45) is 3.68. The molecule has 5 nitrogen and oxygen atoms in total. The molecule has 3 rings (SSSR count). The summed E-state index contributed by atoms with van der Waals surface area (Å²) in [5.41, 5.74) is 5.10. The van der Waals surface area contributed by atoms with Crippen molar-refractivity contribution in [3.63, 3.8) is 0 Å². The first-order valence-electron chi connectivity index (χ1n) is 5.87. The molecule has 2 N–H and O–H groups in total. The summed E-state index contributed by atoms with van der Waals surface area (Å²) in [6, 6.07) is 5.90. The third-order valence-electron chi connectivity index (χ3n) is 3.06. The van der Waals surface area contributed by atoms with Crippen molar-refractivity contribution in [2.75, 3.05) is 5.32 Å². The van der Waals surface area contributed by atoms with E-state index < -0.39 is 0 Å². The number of aromatic nitrogens is 4. The molecule has 0 saturated carbocycles. The molecule has 0 aliphatic rings. The van der Waals surface area contributed by atoms with Crippen LogP contribution in [0, 0.1) is 6.92 Å². The molecule has 0 saturated heterocycles. The first-order chi connectivity index (χ1) is 9.24. The van der Waals surface area contributed by atoms with E-state index in [9.17, 15) is 0 Å². The van der Waals surface area contributed by atoms with Crippen LogP contribution in [0.5, 0.6) is 0 Å². The van der Waals surface area contributed by atoms with Crippen LogP contribution >= 0.6 is 15.9 Å². The first kappa shape index (κ1) is 12.1. The fraction of sp³-hybridized carbons (Fsp3) is 0.154. The Bertz CT molecular complexity index is 722. The maximum absolute atomic E-state index is 4.18. The fourth-order valence-electron chi connectivity index (χ4n) is 1.87. The number of benzene rings is 1. The fourth-order valence-corrected chi connectivity index (χ4v) is 2.24. The number of nitrogens with zero attached hydrogens (tertiary/aromatic N) is 3. The Labute approximate surface area is 118 Å². The van der Waals surface area contributed by atoms with Crippen LogP contribution in [0.4, 0.5) is 5.69 Å². The second-order valence-corrected chi connectivity index (χ2v) is 5.14. The summed E-state index contributed by atoms with van der Waals surface area (Å²) in [5.74, 6) is 0. The highest BCUT2D eigenvalue weighted by molar-refractivity contribution is 9.10. The number of nitrogens with one attached hydrogen (secondary N) is 2. The van der Waals surface area contributed by atoms with Gasteiger partial charge in [-0.05, 0) is 52.2 Å². The molecule has 0 unspecified atom stereocenters. The zero-order chi connectivity index (χ0) is 13.2. The average Bonchev–Trinajstić information content (AvgIpc) is 2.88. The van der Waals surface area contributed by atoms with Gasteiger partial charge in [0.1, 0.15) is 11.0 Å². The molecular formula is C13H12BrN5. The molecule has 2 heterocycles. The van der Waals surface area contributed by atoms with Crippen LogP contribution < -0.4 is 5.32 Å². The number of pyridine rings is 1. The van der Waals surface area contributed by atoms with Crippen molar-refractivity contribution in [3.8, 4) is 0 Å². The maximum Gasteiger partial charge on any atom is 0.115 e. The number of fused-ring (bicyclic) bond motifs is 1. The molecule has 0 fully saturated rings. The number of H-pyrrole nitrogens is 1. The van der Waals surface area contributed by atoms with Gasteiger partial charge in [-0.3, -0.25) is 4.98 Å². The minimum atomic E-state index is 0.724. The lowest BCUT2D eigenvalue weighted by Crippen LogP contribution is -2.02. The third-order valence-corrected chi connectivity index (χ3v) is 3.86. The molecular weight excluding hydrogens is 306 g/mol. The van der Waals surface area contributed by atoms with Gasteiger partial charge in [0.05, 0.1) is 0 Å². The van der Waals surface area contributed by atoms with Gasteiger partial charge in [0.15, 0.2) is 0 Å². The van der Waals surface area contributed by atoms with E-state index in [2.05, 4.69) is 48.6 Å². The number of hydrogen-bond donors (Lipinski definition) is 2. The lowest BCUT2D eigenvalue weighted by atomic mass is 10.1. The Morgan fingerprint density at radius 2 is 2.05 bits per heavy atom. The van der Waals surface area contributed by atoms with E-state index in [1.807, 2.05) is 24.4 Å². The van der Waals surface area contributed by atoms with Crippen molar-refractivity contribution in [2.45, 2.75) is 13.5 Å². The Kier molecular flexibility index (Phi) is 3.16. The SMILES string of the molecule is Cc1c(Br)cncc1CNc1ccc2n[nH]nc2c1. The van der Waals surface area contributed by atoms with E-state index >= 15 is 0 Å². The number of hydrogen-bond acceptors (Lipinski definition) is 4. The predicted molar refractivity (Wildman–Crippen MR) is 77.9 cm³/mol. The highest BCUT2D eigenvalue weighted by Crippen LogP contribution is 2.20. The largest absolute Gasteiger partial charge is 0.381 e. The molecule has 6 heteroatoms. The molecule has 1 aromatic carbocycles. The molecule has 0 radical (unpaired) electrons. The van der Waals surface area contributed by atoms with Crippen LogP contribution in [-0.2, 0) is 6.54 Å². The second-order valence-electron chi connectivity index (χ2n) is 4.29. The van der Waals surface area contributed by atoms with Crippen molar-refractivity contribution < 1.29 is 0 Å². The van der Waals surface area contributed by atoms with Gasteiger partial charge in [-0.1, -0.05) is 0 Å². The molecule has 0 atom stereocenters. The smallest absolute Gasteiger partial charge is 0.115 e. The molecule has 0 spiro atoms. The van der Waals surface area contributed by atoms with E-state index in [0.29, 0.717) is 0 Å². The first-order valence-corrected chi connectivity index (χ1v) is 6.67. The van der Waals surface area contributed by atoms with E-state index in [-0.39, 0.29) is 0 Å². The van der Waals surface area contributed by atoms with Gasteiger partial charge in [-0.2, -0.15) is 15.4 Å². The lowest BCUT2D eigenvalue weighted by Gasteiger charge is -2.09. The highest BCUT2D eigenvalue weighted by Gasteiger charge is 2.04. The van der Waals surface area contributed by atoms with Crippen molar-refractivity contribution in [1.82, 2.24) is 20.4 Å².